The van der Waals surface area contributed by atoms with Gasteiger partial charge in [0.2, 0.25) is 17.7 Å². The van der Waals surface area contributed by atoms with Gasteiger partial charge in [-0.15, -0.1) is 0 Å². The van der Waals surface area contributed by atoms with Crippen LogP contribution in [0.5, 0.6) is 0 Å². The first-order chi connectivity index (χ1) is 10.5. The lowest BCUT2D eigenvalue weighted by Crippen LogP contribution is -2.29. The molecule has 2 rings (SSSR count). The molecule has 118 valence electrons. The minimum Gasteiger partial charge on any atom is -0.366 e. The van der Waals surface area contributed by atoms with Gasteiger partial charge in [-0.2, -0.15) is 0 Å². The Morgan fingerprint density at radius 3 is 2.59 bits per heavy atom. The highest BCUT2D eigenvalue weighted by Gasteiger charge is 2.33. The van der Waals surface area contributed by atoms with Gasteiger partial charge >= 0.3 is 0 Å². The maximum absolute atomic E-state index is 12.2. The molecule has 0 bridgehead atoms. The normalized spacial score (nSPS) is 17.6. The smallest absolute Gasteiger partial charge is 0.248 e. The number of amides is 3. The zero-order valence-electron chi connectivity index (χ0n) is 12.7. The topological polar surface area (TPSA) is 92.5 Å². The second-order valence-corrected chi connectivity index (χ2v) is 5.53. The number of benzene rings is 1. The molecule has 0 radical (unpaired) electrons. The molecule has 0 spiro atoms. The van der Waals surface area contributed by atoms with Crippen LogP contribution in [0.1, 0.15) is 36.5 Å². The summed E-state index contributed by atoms with van der Waals surface area (Å²) >= 11 is 0. The van der Waals surface area contributed by atoms with Crippen LogP contribution in [0.3, 0.4) is 0 Å². The van der Waals surface area contributed by atoms with E-state index < -0.39 is 5.91 Å². The van der Waals surface area contributed by atoms with Crippen LogP contribution in [-0.4, -0.2) is 35.7 Å². The number of likely N-dealkylation sites (tertiary alicyclic amines) is 1. The van der Waals surface area contributed by atoms with Crippen molar-refractivity contribution in [3.8, 4) is 0 Å². The van der Waals surface area contributed by atoms with Gasteiger partial charge in [0.25, 0.3) is 0 Å². The standard InChI is InChI=1S/C16H21N3O3/c1-2-3-8-19-10-12(9-14(19)20)16(22)18-13-6-4-11(5-7-13)15(17)21/h4-7,12H,2-3,8-10H2,1H3,(H2,17,21)(H,18,22). The Balaban J connectivity index is 1.92. The average molecular weight is 303 g/mol. The molecule has 6 nitrogen and oxygen atoms in total. The van der Waals surface area contributed by atoms with Crippen LogP contribution in [0.25, 0.3) is 0 Å². The van der Waals surface area contributed by atoms with Crippen molar-refractivity contribution in [2.24, 2.45) is 11.7 Å². The maximum Gasteiger partial charge on any atom is 0.248 e. The van der Waals surface area contributed by atoms with Crippen LogP contribution in [0.2, 0.25) is 0 Å². The molecule has 3 amide bonds. The fraction of sp³-hybridized carbons (Fsp3) is 0.438. The summed E-state index contributed by atoms with van der Waals surface area (Å²) < 4.78 is 0. The summed E-state index contributed by atoms with van der Waals surface area (Å²) in [5, 5.41) is 2.78. The number of primary amides is 1. The van der Waals surface area contributed by atoms with Gasteiger partial charge in [0.1, 0.15) is 0 Å². The minimum atomic E-state index is -0.508. The number of carbonyl (C=O) groups excluding carboxylic acids is 3. The molecule has 0 saturated carbocycles. The highest BCUT2D eigenvalue weighted by Crippen LogP contribution is 2.20. The Morgan fingerprint density at radius 1 is 1.32 bits per heavy atom. The van der Waals surface area contributed by atoms with Crippen molar-refractivity contribution >= 4 is 23.4 Å². The average Bonchev–Trinajstić information content (AvgIpc) is 2.87. The number of carbonyl (C=O) groups is 3. The van der Waals surface area contributed by atoms with Crippen LogP contribution < -0.4 is 11.1 Å². The summed E-state index contributed by atoms with van der Waals surface area (Å²) in [6.07, 6.45) is 2.23. The molecule has 1 fully saturated rings. The quantitative estimate of drug-likeness (QED) is 0.831. The van der Waals surface area contributed by atoms with Gasteiger partial charge < -0.3 is 16.0 Å². The molecule has 3 N–H and O–H groups in total. The van der Waals surface area contributed by atoms with E-state index in [1.54, 1.807) is 29.2 Å². The van der Waals surface area contributed by atoms with Crippen LogP contribution in [0, 0.1) is 5.92 Å². The fourth-order valence-corrected chi connectivity index (χ4v) is 2.48. The van der Waals surface area contributed by atoms with E-state index in [1.165, 1.54) is 0 Å². The van der Waals surface area contributed by atoms with Gasteiger partial charge in [0, 0.05) is 30.8 Å². The third kappa shape index (κ3) is 3.84. The van der Waals surface area contributed by atoms with Gasteiger partial charge in [-0.3, -0.25) is 14.4 Å². The first-order valence-electron chi connectivity index (χ1n) is 7.49. The molecule has 1 aliphatic heterocycles. The number of nitrogens with zero attached hydrogens (tertiary/aromatic N) is 1. The third-order valence-electron chi connectivity index (χ3n) is 3.80. The molecule has 1 atom stereocenters. The fourth-order valence-electron chi connectivity index (χ4n) is 2.48. The first kappa shape index (κ1) is 16.0. The summed E-state index contributed by atoms with van der Waals surface area (Å²) in [7, 11) is 0. The van der Waals surface area contributed by atoms with Gasteiger partial charge in [0.15, 0.2) is 0 Å². The van der Waals surface area contributed by atoms with Crippen molar-refractivity contribution in [3.63, 3.8) is 0 Å². The summed E-state index contributed by atoms with van der Waals surface area (Å²) in [6.45, 7) is 3.26. The first-order valence-corrected chi connectivity index (χ1v) is 7.49. The van der Waals surface area contributed by atoms with Crippen molar-refractivity contribution in [1.82, 2.24) is 4.90 Å². The van der Waals surface area contributed by atoms with E-state index in [0.717, 1.165) is 12.8 Å². The van der Waals surface area contributed by atoms with Crippen molar-refractivity contribution in [3.05, 3.63) is 29.8 Å². The summed E-state index contributed by atoms with van der Waals surface area (Å²) in [5.74, 6) is -0.956. The molecule has 6 heteroatoms. The van der Waals surface area contributed by atoms with Crippen molar-refractivity contribution < 1.29 is 14.4 Å². The molecule has 0 aliphatic carbocycles. The molecule has 1 aromatic rings. The zero-order valence-corrected chi connectivity index (χ0v) is 12.7. The maximum atomic E-state index is 12.2. The number of rotatable bonds is 6. The number of nitrogens with two attached hydrogens (primary N) is 1. The number of anilines is 1. The molecule has 1 aromatic carbocycles. The molecule has 1 heterocycles. The SMILES string of the molecule is CCCCN1CC(C(=O)Nc2ccc(C(N)=O)cc2)CC1=O. The van der Waals surface area contributed by atoms with Gasteiger partial charge in [0.05, 0.1) is 5.92 Å². The molecular formula is C16H21N3O3. The van der Waals surface area contributed by atoms with Crippen LogP contribution in [0.15, 0.2) is 24.3 Å². The molecule has 0 aromatic heterocycles. The number of nitrogens with one attached hydrogen (secondary N) is 1. The van der Waals surface area contributed by atoms with E-state index in [1.807, 2.05) is 0 Å². The third-order valence-corrected chi connectivity index (χ3v) is 3.80. The summed E-state index contributed by atoms with van der Waals surface area (Å²) in [5.41, 5.74) is 6.15. The van der Waals surface area contributed by atoms with Crippen molar-refractivity contribution in [2.45, 2.75) is 26.2 Å². The highest BCUT2D eigenvalue weighted by atomic mass is 16.2. The number of hydrogen-bond donors (Lipinski definition) is 2. The molecule has 1 aliphatic rings. The lowest BCUT2D eigenvalue weighted by atomic mass is 10.1. The summed E-state index contributed by atoms with van der Waals surface area (Å²) in [6, 6.07) is 6.38. The Bertz CT molecular complexity index is 569. The van der Waals surface area contributed by atoms with Crippen LogP contribution in [0.4, 0.5) is 5.69 Å². The minimum absolute atomic E-state index is 0.0395. The number of hydrogen-bond acceptors (Lipinski definition) is 3. The van der Waals surface area contributed by atoms with Gasteiger partial charge in [-0.05, 0) is 30.7 Å². The number of unbranched alkanes of at least 4 members (excludes halogenated alkanes) is 1. The van der Waals surface area contributed by atoms with Gasteiger partial charge in [-0.25, -0.2) is 0 Å². The second kappa shape index (κ2) is 7.06. The molecule has 22 heavy (non-hydrogen) atoms. The monoisotopic (exact) mass is 303 g/mol. The molecule has 1 unspecified atom stereocenters. The Hall–Kier alpha value is -2.37. The molecule has 1 saturated heterocycles. The predicted octanol–water partition coefficient (Wildman–Crippen LogP) is 1.37. The highest BCUT2D eigenvalue weighted by molar-refractivity contribution is 5.98. The van der Waals surface area contributed by atoms with E-state index in [9.17, 15) is 14.4 Å². The van der Waals surface area contributed by atoms with E-state index in [2.05, 4.69) is 12.2 Å². The Morgan fingerprint density at radius 2 is 2.00 bits per heavy atom. The van der Waals surface area contributed by atoms with E-state index in [0.29, 0.717) is 24.3 Å². The largest absolute Gasteiger partial charge is 0.366 e. The lowest BCUT2D eigenvalue weighted by molar-refractivity contribution is -0.128. The van der Waals surface area contributed by atoms with Crippen LogP contribution >= 0.6 is 0 Å². The lowest BCUT2D eigenvalue weighted by Gasteiger charge is -2.16. The predicted molar refractivity (Wildman–Crippen MR) is 83.2 cm³/mol. The second-order valence-electron chi connectivity index (χ2n) is 5.53. The van der Waals surface area contributed by atoms with Crippen molar-refractivity contribution in [2.75, 3.05) is 18.4 Å². The van der Waals surface area contributed by atoms with E-state index in [-0.39, 0.29) is 24.2 Å². The van der Waals surface area contributed by atoms with Crippen molar-refractivity contribution in [1.29, 1.82) is 0 Å². The zero-order chi connectivity index (χ0) is 16.1. The Kier molecular flexibility index (Phi) is 5.14. The molecular weight excluding hydrogens is 282 g/mol. The van der Waals surface area contributed by atoms with Crippen LogP contribution in [-0.2, 0) is 9.59 Å². The van der Waals surface area contributed by atoms with Gasteiger partial charge in [-0.1, -0.05) is 13.3 Å². The summed E-state index contributed by atoms with van der Waals surface area (Å²) in [4.78, 5) is 36.8. The van der Waals surface area contributed by atoms with E-state index in [4.69, 9.17) is 5.73 Å². The van der Waals surface area contributed by atoms with E-state index >= 15 is 0 Å². The Labute approximate surface area is 129 Å².